The highest BCUT2D eigenvalue weighted by Gasteiger charge is 2.22. The van der Waals surface area contributed by atoms with Crippen molar-refractivity contribution in [2.75, 3.05) is 37.6 Å². The summed E-state index contributed by atoms with van der Waals surface area (Å²) < 4.78 is 0. The fourth-order valence-electron chi connectivity index (χ4n) is 3.00. The van der Waals surface area contributed by atoms with Crippen molar-refractivity contribution in [1.82, 2.24) is 10.2 Å². The number of hydrogen-bond acceptors (Lipinski definition) is 3. The first-order valence-corrected chi connectivity index (χ1v) is 8.74. The average Bonchev–Trinajstić information content (AvgIpc) is 2.55. The van der Waals surface area contributed by atoms with Crippen LogP contribution in [0.15, 0.2) is 18.2 Å². The van der Waals surface area contributed by atoms with E-state index >= 15 is 0 Å². The SMILES string of the molecule is Cc1cccc(N2CCN(C(=O)CNC(=O)CC(C)C)CC2)c1C. The normalized spacial score (nSPS) is 14.9. The highest BCUT2D eigenvalue weighted by Crippen LogP contribution is 2.23. The highest BCUT2D eigenvalue weighted by molar-refractivity contribution is 5.85. The molecule has 2 rings (SSSR count). The monoisotopic (exact) mass is 331 g/mol. The fourth-order valence-corrected chi connectivity index (χ4v) is 3.00. The third-order valence-electron chi connectivity index (χ3n) is 4.58. The van der Waals surface area contributed by atoms with Crippen LogP contribution in [0.25, 0.3) is 0 Å². The number of benzene rings is 1. The van der Waals surface area contributed by atoms with Gasteiger partial charge < -0.3 is 15.1 Å². The molecule has 132 valence electrons. The number of rotatable bonds is 5. The van der Waals surface area contributed by atoms with E-state index in [0.29, 0.717) is 25.4 Å². The molecule has 2 amide bonds. The molecule has 0 spiro atoms. The standard InChI is InChI=1S/C19H29N3O2/c1-14(2)12-18(23)20-13-19(24)22-10-8-21(9-11-22)17-7-5-6-15(3)16(17)4/h5-7,14H,8-13H2,1-4H3,(H,20,23). The predicted octanol–water partition coefficient (Wildman–Crippen LogP) is 2.11. The molecular formula is C19H29N3O2. The minimum atomic E-state index is -0.0487. The maximum atomic E-state index is 12.2. The van der Waals surface area contributed by atoms with E-state index in [4.69, 9.17) is 0 Å². The van der Waals surface area contributed by atoms with Crippen LogP contribution in [-0.2, 0) is 9.59 Å². The molecule has 1 aromatic rings. The van der Waals surface area contributed by atoms with Gasteiger partial charge in [-0.05, 0) is 37.0 Å². The minimum Gasteiger partial charge on any atom is -0.368 e. The Morgan fingerprint density at radius 1 is 1.12 bits per heavy atom. The van der Waals surface area contributed by atoms with E-state index < -0.39 is 0 Å². The molecule has 1 aromatic carbocycles. The Morgan fingerprint density at radius 3 is 2.42 bits per heavy atom. The third kappa shape index (κ3) is 4.73. The van der Waals surface area contributed by atoms with Crippen LogP contribution >= 0.6 is 0 Å². The van der Waals surface area contributed by atoms with E-state index in [-0.39, 0.29) is 18.4 Å². The first-order chi connectivity index (χ1) is 11.4. The summed E-state index contributed by atoms with van der Waals surface area (Å²) in [6, 6.07) is 6.35. The molecule has 0 atom stereocenters. The van der Waals surface area contributed by atoms with Gasteiger partial charge in [-0.1, -0.05) is 26.0 Å². The second-order valence-electron chi connectivity index (χ2n) is 6.96. The molecule has 1 saturated heterocycles. The first-order valence-electron chi connectivity index (χ1n) is 8.74. The van der Waals surface area contributed by atoms with Gasteiger partial charge in [0.05, 0.1) is 6.54 Å². The zero-order chi connectivity index (χ0) is 17.7. The van der Waals surface area contributed by atoms with Crippen molar-refractivity contribution >= 4 is 17.5 Å². The van der Waals surface area contributed by atoms with E-state index in [0.717, 1.165) is 13.1 Å². The van der Waals surface area contributed by atoms with Crippen molar-refractivity contribution in [3.05, 3.63) is 29.3 Å². The smallest absolute Gasteiger partial charge is 0.242 e. The molecule has 5 nitrogen and oxygen atoms in total. The molecule has 0 bridgehead atoms. The predicted molar refractivity (Wildman–Crippen MR) is 97.2 cm³/mol. The lowest BCUT2D eigenvalue weighted by Crippen LogP contribution is -2.51. The van der Waals surface area contributed by atoms with Gasteiger partial charge in [0.15, 0.2) is 0 Å². The lowest BCUT2D eigenvalue weighted by molar-refractivity contribution is -0.133. The molecule has 1 aliphatic rings. The maximum Gasteiger partial charge on any atom is 0.242 e. The Labute approximate surface area is 145 Å². The zero-order valence-corrected chi connectivity index (χ0v) is 15.3. The van der Waals surface area contributed by atoms with Gasteiger partial charge in [0, 0.05) is 38.3 Å². The molecule has 1 fully saturated rings. The van der Waals surface area contributed by atoms with Crippen molar-refractivity contribution in [1.29, 1.82) is 0 Å². The van der Waals surface area contributed by atoms with Crippen LogP contribution in [0.4, 0.5) is 5.69 Å². The zero-order valence-electron chi connectivity index (χ0n) is 15.3. The van der Waals surface area contributed by atoms with Crippen molar-refractivity contribution in [3.63, 3.8) is 0 Å². The molecular weight excluding hydrogens is 302 g/mol. The molecule has 5 heteroatoms. The van der Waals surface area contributed by atoms with Crippen LogP contribution < -0.4 is 10.2 Å². The van der Waals surface area contributed by atoms with E-state index in [2.05, 4.69) is 42.3 Å². The third-order valence-corrected chi connectivity index (χ3v) is 4.58. The number of nitrogens with zero attached hydrogens (tertiary/aromatic N) is 2. The second-order valence-corrected chi connectivity index (χ2v) is 6.96. The van der Waals surface area contributed by atoms with Crippen LogP contribution in [0.1, 0.15) is 31.4 Å². The number of carbonyl (C=O) groups is 2. The van der Waals surface area contributed by atoms with Crippen LogP contribution in [0.2, 0.25) is 0 Å². The van der Waals surface area contributed by atoms with Crippen molar-refractivity contribution in [2.45, 2.75) is 34.1 Å². The van der Waals surface area contributed by atoms with Gasteiger partial charge >= 0.3 is 0 Å². The van der Waals surface area contributed by atoms with Crippen molar-refractivity contribution in [3.8, 4) is 0 Å². The van der Waals surface area contributed by atoms with Gasteiger partial charge in [0.1, 0.15) is 0 Å². The Kier molecular flexibility index (Phi) is 6.23. The molecule has 1 N–H and O–H groups in total. The number of piperazine rings is 1. The lowest BCUT2D eigenvalue weighted by atomic mass is 10.1. The summed E-state index contributed by atoms with van der Waals surface area (Å²) in [4.78, 5) is 28.1. The van der Waals surface area contributed by atoms with Crippen molar-refractivity contribution in [2.24, 2.45) is 5.92 Å². The Hall–Kier alpha value is -2.04. The topological polar surface area (TPSA) is 52.6 Å². The molecule has 0 radical (unpaired) electrons. The quantitative estimate of drug-likeness (QED) is 0.899. The van der Waals surface area contributed by atoms with Crippen LogP contribution in [0.3, 0.4) is 0 Å². The Balaban J connectivity index is 1.83. The summed E-state index contributed by atoms with van der Waals surface area (Å²) in [5.74, 6) is 0.265. The van der Waals surface area contributed by atoms with Gasteiger partial charge in [-0.3, -0.25) is 9.59 Å². The number of nitrogens with one attached hydrogen (secondary N) is 1. The first kappa shape index (κ1) is 18.3. The summed E-state index contributed by atoms with van der Waals surface area (Å²) in [7, 11) is 0. The average molecular weight is 331 g/mol. The Bertz CT molecular complexity index is 590. The van der Waals surface area contributed by atoms with Crippen LogP contribution in [0, 0.1) is 19.8 Å². The van der Waals surface area contributed by atoms with Gasteiger partial charge in [0.2, 0.25) is 11.8 Å². The summed E-state index contributed by atoms with van der Waals surface area (Å²) in [5, 5.41) is 2.73. The van der Waals surface area contributed by atoms with Gasteiger partial charge in [0.25, 0.3) is 0 Å². The molecule has 24 heavy (non-hydrogen) atoms. The van der Waals surface area contributed by atoms with E-state index in [9.17, 15) is 9.59 Å². The lowest BCUT2D eigenvalue weighted by Gasteiger charge is -2.37. The van der Waals surface area contributed by atoms with E-state index in [1.165, 1.54) is 16.8 Å². The number of aryl methyl sites for hydroxylation is 1. The number of hydrogen-bond donors (Lipinski definition) is 1. The van der Waals surface area contributed by atoms with Crippen molar-refractivity contribution < 1.29 is 9.59 Å². The van der Waals surface area contributed by atoms with Crippen LogP contribution in [-0.4, -0.2) is 49.4 Å². The molecule has 0 aromatic heterocycles. The van der Waals surface area contributed by atoms with Gasteiger partial charge in [-0.15, -0.1) is 0 Å². The minimum absolute atomic E-state index is 0.00715. The molecule has 0 unspecified atom stereocenters. The summed E-state index contributed by atoms with van der Waals surface area (Å²) in [5.41, 5.74) is 3.85. The fraction of sp³-hybridized carbons (Fsp3) is 0.579. The maximum absolute atomic E-state index is 12.2. The molecule has 0 aliphatic carbocycles. The molecule has 0 saturated carbocycles. The van der Waals surface area contributed by atoms with Gasteiger partial charge in [-0.2, -0.15) is 0 Å². The second kappa shape index (κ2) is 8.18. The number of carbonyl (C=O) groups excluding carboxylic acids is 2. The van der Waals surface area contributed by atoms with Crippen LogP contribution in [0.5, 0.6) is 0 Å². The largest absolute Gasteiger partial charge is 0.368 e. The number of amides is 2. The summed E-state index contributed by atoms with van der Waals surface area (Å²) >= 11 is 0. The van der Waals surface area contributed by atoms with E-state index in [1.807, 2.05) is 18.7 Å². The summed E-state index contributed by atoms with van der Waals surface area (Å²) in [6.07, 6.45) is 0.466. The van der Waals surface area contributed by atoms with E-state index in [1.54, 1.807) is 0 Å². The molecule has 1 aliphatic heterocycles. The molecule has 1 heterocycles. The summed E-state index contributed by atoms with van der Waals surface area (Å²) in [6.45, 7) is 11.4. The Morgan fingerprint density at radius 2 is 1.79 bits per heavy atom. The highest BCUT2D eigenvalue weighted by atomic mass is 16.2. The van der Waals surface area contributed by atoms with Gasteiger partial charge in [-0.25, -0.2) is 0 Å². The number of anilines is 1.